The van der Waals surface area contributed by atoms with E-state index in [9.17, 15) is 0 Å². The molecule has 0 bridgehead atoms. The van der Waals surface area contributed by atoms with E-state index in [0.29, 0.717) is 5.92 Å². The van der Waals surface area contributed by atoms with E-state index < -0.39 is 0 Å². The molecule has 1 aliphatic heterocycles. The first-order valence-corrected chi connectivity index (χ1v) is 8.00. The lowest BCUT2D eigenvalue weighted by atomic mass is 9.96. The second-order valence-corrected chi connectivity index (χ2v) is 5.94. The molecule has 0 atom stereocenters. The molecule has 3 rings (SSSR count). The molecule has 0 aliphatic carbocycles. The summed E-state index contributed by atoms with van der Waals surface area (Å²) in [6, 6.07) is 8.10. The number of nitrogens with one attached hydrogen (secondary N) is 1. The predicted molar refractivity (Wildman–Crippen MR) is 90.6 cm³/mol. The quantitative estimate of drug-likeness (QED) is 0.932. The zero-order chi connectivity index (χ0) is 16.2. The van der Waals surface area contributed by atoms with Gasteiger partial charge in [-0.1, -0.05) is 6.07 Å². The number of ether oxygens (including phenoxy) is 2. The van der Waals surface area contributed by atoms with Crippen LogP contribution in [0.25, 0.3) is 0 Å². The number of nitrogens with zero attached hydrogens (tertiary/aromatic N) is 2. The first-order chi connectivity index (χ1) is 11.2. The number of hydrogen-bond donors (Lipinski definition) is 1. The van der Waals surface area contributed by atoms with Crippen molar-refractivity contribution >= 4 is 11.5 Å². The number of rotatable bonds is 4. The molecular formula is C18H23N3O2. The van der Waals surface area contributed by atoms with Crippen molar-refractivity contribution in [2.75, 3.05) is 25.6 Å². The second kappa shape index (κ2) is 6.96. The highest BCUT2D eigenvalue weighted by Gasteiger charge is 2.18. The van der Waals surface area contributed by atoms with E-state index in [2.05, 4.69) is 28.3 Å². The monoisotopic (exact) mass is 313 g/mol. The van der Waals surface area contributed by atoms with Crippen molar-refractivity contribution in [3.63, 3.8) is 0 Å². The third-order valence-corrected chi connectivity index (χ3v) is 4.12. The normalized spacial score (nSPS) is 15.4. The highest BCUT2D eigenvalue weighted by Crippen LogP contribution is 2.30. The van der Waals surface area contributed by atoms with Crippen molar-refractivity contribution in [2.45, 2.75) is 32.6 Å². The van der Waals surface area contributed by atoms with Crippen molar-refractivity contribution in [1.82, 2.24) is 9.97 Å². The lowest BCUT2D eigenvalue weighted by Gasteiger charge is -2.22. The summed E-state index contributed by atoms with van der Waals surface area (Å²) in [5.41, 5.74) is 3.18. The molecular weight excluding hydrogens is 290 g/mol. The fraction of sp³-hybridized carbons (Fsp3) is 0.444. The Bertz CT molecular complexity index is 682. The standard InChI is InChI=1S/C18H23N3O2/c1-12-4-5-17(22-3)16(10-12)21-18-11-15(19-13(2)20-18)14-6-8-23-9-7-14/h4-5,10-11,14H,6-9H2,1-3H3,(H,19,20,21). The Kier molecular flexibility index (Phi) is 4.76. The molecule has 122 valence electrons. The Morgan fingerprint density at radius 3 is 2.65 bits per heavy atom. The molecule has 1 aromatic heterocycles. The molecule has 1 saturated heterocycles. The van der Waals surface area contributed by atoms with Gasteiger partial charge in [0, 0.05) is 30.9 Å². The summed E-state index contributed by atoms with van der Waals surface area (Å²) < 4.78 is 10.9. The number of aryl methyl sites for hydroxylation is 2. The number of benzene rings is 1. The van der Waals surface area contributed by atoms with Crippen LogP contribution in [0.4, 0.5) is 11.5 Å². The van der Waals surface area contributed by atoms with E-state index in [1.165, 1.54) is 5.56 Å². The van der Waals surface area contributed by atoms with Gasteiger partial charge >= 0.3 is 0 Å². The van der Waals surface area contributed by atoms with Crippen molar-refractivity contribution in [1.29, 1.82) is 0 Å². The minimum absolute atomic E-state index is 0.449. The maximum atomic E-state index is 5.45. The average Bonchev–Trinajstić information content (AvgIpc) is 2.55. The summed E-state index contributed by atoms with van der Waals surface area (Å²) in [5.74, 6) is 2.84. The Hall–Kier alpha value is -2.14. The molecule has 2 aromatic rings. The van der Waals surface area contributed by atoms with E-state index in [1.807, 2.05) is 25.1 Å². The first kappa shape index (κ1) is 15.7. The highest BCUT2D eigenvalue weighted by atomic mass is 16.5. The molecule has 1 fully saturated rings. The van der Waals surface area contributed by atoms with E-state index in [1.54, 1.807) is 7.11 Å². The van der Waals surface area contributed by atoms with Gasteiger partial charge in [-0.2, -0.15) is 0 Å². The van der Waals surface area contributed by atoms with Crippen LogP contribution in [0.5, 0.6) is 5.75 Å². The molecule has 0 amide bonds. The molecule has 0 saturated carbocycles. The summed E-state index contributed by atoms with van der Waals surface area (Å²) in [5, 5.41) is 3.38. The van der Waals surface area contributed by atoms with Gasteiger partial charge in [-0.3, -0.25) is 0 Å². The van der Waals surface area contributed by atoms with Gasteiger partial charge in [0.05, 0.1) is 12.8 Å². The van der Waals surface area contributed by atoms with Gasteiger partial charge in [-0.05, 0) is 44.4 Å². The minimum atomic E-state index is 0.449. The Morgan fingerprint density at radius 1 is 1.13 bits per heavy atom. The molecule has 0 spiro atoms. The fourth-order valence-electron chi connectivity index (χ4n) is 2.91. The third kappa shape index (κ3) is 3.79. The molecule has 5 nitrogen and oxygen atoms in total. The maximum absolute atomic E-state index is 5.45. The Labute approximate surface area is 137 Å². The average molecular weight is 313 g/mol. The zero-order valence-corrected chi connectivity index (χ0v) is 13.9. The van der Waals surface area contributed by atoms with Crippen LogP contribution >= 0.6 is 0 Å². The van der Waals surface area contributed by atoms with Crippen LogP contribution < -0.4 is 10.1 Å². The summed E-state index contributed by atoms with van der Waals surface area (Å²) in [7, 11) is 1.68. The zero-order valence-electron chi connectivity index (χ0n) is 13.9. The van der Waals surface area contributed by atoms with Crippen molar-refractivity contribution in [3.8, 4) is 5.75 Å². The fourth-order valence-corrected chi connectivity index (χ4v) is 2.91. The first-order valence-electron chi connectivity index (χ1n) is 8.00. The Morgan fingerprint density at radius 2 is 1.91 bits per heavy atom. The van der Waals surface area contributed by atoms with Crippen LogP contribution in [-0.4, -0.2) is 30.3 Å². The molecule has 5 heteroatoms. The third-order valence-electron chi connectivity index (χ3n) is 4.12. The molecule has 1 aromatic carbocycles. The van der Waals surface area contributed by atoms with E-state index >= 15 is 0 Å². The second-order valence-electron chi connectivity index (χ2n) is 5.94. The van der Waals surface area contributed by atoms with Crippen LogP contribution in [0.3, 0.4) is 0 Å². The summed E-state index contributed by atoms with van der Waals surface area (Å²) in [6.07, 6.45) is 2.04. The minimum Gasteiger partial charge on any atom is -0.495 e. The highest BCUT2D eigenvalue weighted by molar-refractivity contribution is 5.65. The predicted octanol–water partition coefficient (Wildman–Crippen LogP) is 3.74. The lowest BCUT2D eigenvalue weighted by Crippen LogP contribution is -2.16. The molecule has 23 heavy (non-hydrogen) atoms. The number of anilines is 2. The van der Waals surface area contributed by atoms with E-state index in [4.69, 9.17) is 9.47 Å². The molecule has 2 heterocycles. The van der Waals surface area contributed by atoms with Crippen LogP contribution in [0.1, 0.15) is 35.8 Å². The van der Waals surface area contributed by atoms with Crippen molar-refractivity contribution in [3.05, 3.63) is 41.3 Å². The van der Waals surface area contributed by atoms with Gasteiger partial charge in [0.15, 0.2) is 0 Å². The largest absolute Gasteiger partial charge is 0.495 e. The van der Waals surface area contributed by atoms with Crippen LogP contribution in [0, 0.1) is 13.8 Å². The number of hydrogen-bond acceptors (Lipinski definition) is 5. The number of aromatic nitrogens is 2. The summed E-state index contributed by atoms with van der Waals surface area (Å²) in [6.45, 7) is 5.61. The van der Waals surface area contributed by atoms with Gasteiger partial charge in [0.25, 0.3) is 0 Å². The Balaban J connectivity index is 1.88. The van der Waals surface area contributed by atoms with Gasteiger partial charge < -0.3 is 14.8 Å². The molecule has 0 radical (unpaired) electrons. The van der Waals surface area contributed by atoms with Gasteiger partial charge in [-0.15, -0.1) is 0 Å². The smallest absolute Gasteiger partial charge is 0.142 e. The van der Waals surface area contributed by atoms with Gasteiger partial charge in [-0.25, -0.2) is 9.97 Å². The van der Waals surface area contributed by atoms with Crippen LogP contribution in [0.15, 0.2) is 24.3 Å². The molecule has 1 aliphatic rings. The topological polar surface area (TPSA) is 56.3 Å². The molecule has 1 N–H and O–H groups in total. The maximum Gasteiger partial charge on any atom is 0.142 e. The lowest BCUT2D eigenvalue weighted by molar-refractivity contribution is 0.0844. The SMILES string of the molecule is COc1ccc(C)cc1Nc1cc(C2CCOCC2)nc(C)n1. The summed E-state index contributed by atoms with van der Waals surface area (Å²) in [4.78, 5) is 9.14. The van der Waals surface area contributed by atoms with Crippen LogP contribution in [-0.2, 0) is 4.74 Å². The van der Waals surface area contributed by atoms with Crippen molar-refractivity contribution < 1.29 is 9.47 Å². The van der Waals surface area contributed by atoms with Gasteiger partial charge in [0.1, 0.15) is 17.4 Å². The van der Waals surface area contributed by atoms with Crippen molar-refractivity contribution in [2.24, 2.45) is 0 Å². The van der Waals surface area contributed by atoms with E-state index in [-0.39, 0.29) is 0 Å². The summed E-state index contributed by atoms with van der Waals surface area (Å²) >= 11 is 0. The van der Waals surface area contributed by atoms with Crippen LogP contribution in [0.2, 0.25) is 0 Å². The van der Waals surface area contributed by atoms with Gasteiger partial charge in [0.2, 0.25) is 0 Å². The van der Waals surface area contributed by atoms with E-state index in [0.717, 1.165) is 54.8 Å². The molecule has 0 unspecified atom stereocenters. The number of methoxy groups -OCH3 is 1.